The van der Waals surface area contributed by atoms with Crippen LogP contribution in [0.3, 0.4) is 0 Å². The highest BCUT2D eigenvalue weighted by Gasteiger charge is 2.00. The third-order valence-corrected chi connectivity index (χ3v) is 2.32. The van der Waals surface area contributed by atoms with Crippen molar-refractivity contribution in [2.75, 3.05) is 18.4 Å². The Morgan fingerprint density at radius 2 is 2.31 bits per heavy atom. The fourth-order valence-electron chi connectivity index (χ4n) is 0.920. The zero-order valence-corrected chi connectivity index (χ0v) is 8.34. The molecule has 0 aliphatic carbocycles. The number of rotatable bonds is 3. The molecule has 0 heterocycles. The number of nitriles is 1. The van der Waals surface area contributed by atoms with Crippen molar-refractivity contribution >= 4 is 17.4 Å². The van der Waals surface area contributed by atoms with Gasteiger partial charge in [0.1, 0.15) is 0 Å². The van der Waals surface area contributed by atoms with Crippen LogP contribution in [0.4, 0.5) is 5.69 Å². The van der Waals surface area contributed by atoms with Gasteiger partial charge in [0.05, 0.1) is 5.69 Å². The highest BCUT2D eigenvalue weighted by Crippen LogP contribution is 2.21. The van der Waals surface area contributed by atoms with Crippen LogP contribution in [0.25, 0.3) is 0 Å². The number of nitrogens with zero attached hydrogens (tertiary/aromatic N) is 2. The Morgan fingerprint density at radius 1 is 1.54 bits per heavy atom. The molecule has 0 unspecified atom stereocenters. The van der Waals surface area contributed by atoms with E-state index >= 15 is 0 Å². The Morgan fingerprint density at radius 3 is 2.92 bits per heavy atom. The molecule has 0 radical (unpaired) electrons. The third kappa shape index (κ3) is 2.56. The number of benzene rings is 1. The van der Waals surface area contributed by atoms with Crippen LogP contribution < -0.4 is 5.06 Å². The zero-order valence-electron chi connectivity index (χ0n) is 7.52. The van der Waals surface area contributed by atoms with Crippen molar-refractivity contribution in [3.05, 3.63) is 24.3 Å². The number of hydrogen-bond donors (Lipinski definition) is 0. The number of thioether (sulfide) groups is 1. The van der Waals surface area contributed by atoms with Gasteiger partial charge in [0.2, 0.25) is 0 Å². The summed E-state index contributed by atoms with van der Waals surface area (Å²) in [5.74, 6) is 0. The molecule has 0 bridgehead atoms. The van der Waals surface area contributed by atoms with Crippen molar-refractivity contribution in [2.45, 2.75) is 4.90 Å². The summed E-state index contributed by atoms with van der Waals surface area (Å²) in [6, 6.07) is 7.78. The molecule has 0 atom stereocenters. The Hall–Kier alpha value is -1.34. The average Bonchev–Trinajstić information content (AvgIpc) is 2.18. The molecule has 0 aliphatic rings. The van der Waals surface area contributed by atoms with E-state index < -0.39 is 0 Å². The lowest BCUT2D eigenvalue weighted by Crippen LogP contribution is -2.14. The van der Waals surface area contributed by atoms with Crippen molar-refractivity contribution in [1.29, 1.82) is 5.26 Å². The minimum absolute atomic E-state index is 0.869. The van der Waals surface area contributed by atoms with E-state index in [1.807, 2.05) is 30.5 Å². The van der Waals surface area contributed by atoms with E-state index in [1.165, 1.54) is 5.06 Å². The second kappa shape index (κ2) is 4.63. The molecule has 1 rings (SSSR count). The van der Waals surface area contributed by atoms with Gasteiger partial charge >= 0.3 is 6.26 Å². The molecule has 0 N–H and O–H groups in total. The maximum Gasteiger partial charge on any atom is 0.314 e. The molecular formula is C9H10N2OS. The van der Waals surface area contributed by atoms with E-state index in [1.54, 1.807) is 25.1 Å². The first-order chi connectivity index (χ1) is 6.27. The van der Waals surface area contributed by atoms with Gasteiger partial charge in [-0.15, -0.1) is 17.0 Å². The molecule has 68 valence electrons. The van der Waals surface area contributed by atoms with E-state index in [2.05, 4.69) is 4.84 Å². The molecule has 4 heteroatoms. The summed E-state index contributed by atoms with van der Waals surface area (Å²) < 4.78 is 0. The van der Waals surface area contributed by atoms with Gasteiger partial charge in [-0.25, -0.2) is 5.06 Å². The van der Waals surface area contributed by atoms with Crippen molar-refractivity contribution in [2.24, 2.45) is 0 Å². The summed E-state index contributed by atoms with van der Waals surface area (Å²) in [5, 5.41) is 9.74. The van der Waals surface area contributed by atoms with Crippen LogP contribution in [0, 0.1) is 11.5 Å². The molecule has 0 amide bonds. The topological polar surface area (TPSA) is 36.3 Å². The maximum absolute atomic E-state index is 8.31. The maximum atomic E-state index is 8.31. The lowest BCUT2D eigenvalue weighted by Gasteiger charge is -2.13. The van der Waals surface area contributed by atoms with Crippen LogP contribution in [0.1, 0.15) is 0 Å². The quantitative estimate of drug-likeness (QED) is 0.420. The van der Waals surface area contributed by atoms with E-state index in [9.17, 15) is 0 Å². The Bertz CT molecular complexity index is 322. The van der Waals surface area contributed by atoms with Crippen molar-refractivity contribution in [3.8, 4) is 6.26 Å². The molecule has 0 saturated carbocycles. The van der Waals surface area contributed by atoms with Crippen LogP contribution in [0.2, 0.25) is 0 Å². The van der Waals surface area contributed by atoms with Gasteiger partial charge in [-0.1, -0.05) is 6.07 Å². The minimum atomic E-state index is 0.869. The van der Waals surface area contributed by atoms with Crippen LogP contribution in [-0.4, -0.2) is 13.3 Å². The lowest BCUT2D eigenvalue weighted by molar-refractivity contribution is 0.256. The summed E-state index contributed by atoms with van der Waals surface area (Å²) in [6.45, 7) is 0. The zero-order chi connectivity index (χ0) is 9.68. The predicted octanol–water partition coefficient (Wildman–Crippen LogP) is 2.26. The van der Waals surface area contributed by atoms with Crippen LogP contribution in [-0.2, 0) is 4.84 Å². The average molecular weight is 194 g/mol. The fraction of sp³-hybridized carbons (Fsp3) is 0.222. The van der Waals surface area contributed by atoms with Crippen molar-refractivity contribution < 1.29 is 4.84 Å². The number of hydrogen-bond acceptors (Lipinski definition) is 4. The second-order valence-corrected chi connectivity index (χ2v) is 3.26. The van der Waals surface area contributed by atoms with Gasteiger partial charge in [-0.05, 0) is 24.5 Å². The van der Waals surface area contributed by atoms with E-state index in [0.717, 1.165) is 10.6 Å². The van der Waals surface area contributed by atoms with Gasteiger partial charge in [-0.3, -0.25) is 4.84 Å². The smallest absolute Gasteiger partial charge is 0.299 e. The summed E-state index contributed by atoms with van der Waals surface area (Å²) >= 11 is 1.65. The van der Waals surface area contributed by atoms with Crippen molar-refractivity contribution in [1.82, 2.24) is 0 Å². The summed E-state index contributed by atoms with van der Waals surface area (Å²) in [5.41, 5.74) is 0.869. The molecule has 0 saturated heterocycles. The predicted molar refractivity (Wildman–Crippen MR) is 53.3 cm³/mol. The van der Waals surface area contributed by atoms with E-state index in [4.69, 9.17) is 5.26 Å². The van der Waals surface area contributed by atoms with Crippen LogP contribution in [0.15, 0.2) is 29.2 Å². The molecule has 0 aromatic heterocycles. The van der Waals surface area contributed by atoms with Crippen molar-refractivity contribution in [3.63, 3.8) is 0 Å². The highest BCUT2D eigenvalue weighted by atomic mass is 32.2. The summed E-state index contributed by atoms with van der Waals surface area (Å²) in [4.78, 5) is 5.80. The second-order valence-electron chi connectivity index (χ2n) is 2.38. The lowest BCUT2D eigenvalue weighted by atomic mass is 10.3. The molecule has 0 fully saturated rings. The fourth-order valence-corrected chi connectivity index (χ4v) is 1.37. The van der Waals surface area contributed by atoms with Gasteiger partial charge in [-0.2, -0.15) is 0 Å². The molecule has 0 spiro atoms. The first-order valence-corrected chi connectivity index (χ1v) is 4.94. The molecule has 1 aromatic rings. The summed E-state index contributed by atoms with van der Waals surface area (Å²) in [7, 11) is 1.70. The first-order valence-electron chi connectivity index (χ1n) is 3.71. The third-order valence-electron chi connectivity index (χ3n) is 1.59. The standard InChI is InChI=1S/C9H10N2OS/c1-11(12-7-10)8-4-3-5-9(6-8)13-2/h3-6H,1-2H3. The van der Waals surface area contributed by atoms with E-state index in [0.29, 0.717) is 0 Å². The molecule has 0 aliphatic heterocycles. The normalized spacial score (nSPS) is 9.00. The largest absolute Gasteiger partial charge is 0.314 e. The number of hydroxylamine groups is 1. The minimum Gasteiger partial charge on any atom is -0.299 e. The van der Waals surface area contributed by atoms with Gasteiger partial charge in [0, 0.05) is 11.9 Å². The first kappa shape index (κ1) is 9.75. The van der Waals surface area contributed by atoms with Gasteiger partial charge in [0.25, 0.3) is 0 Å². The Balaban J connectivity index is 2.83. The number of anilines is 1. The molecule has 1 aromatic carbocycles. The molecule has 3 nitrogen and oxygen atoms in total. The highest BCUT2D eigenvalue weighted by molar-refractivity contribution is 7.98. The SMILES string of the molecule is CSc1cccc(N(C)OC#N)c1. The van der Waals surface area contributed by atoms with Crippen LogP contribution >= 0.6 is 11.8 Å². The Kier molecular flexibility index (Phi) is 3.47. The Labute approximate surface area is 81.9 Å². The summed E-state index contributed by atoms with van der Waals surface area (Å²) in [6.07, 6.45) is 3.63. The van der Waals surface area contributed by atoms with E-state index in [-0.39, 0.29) is 0 Å². The molecule has 13 heavy (non-hydrogen) atoms. The van der Waals surface area contributed by atoms with Gasteiger partial charge < -0.3 is 0 Å². The molecular weight excluding hydrogens is 184 g/mol. The monoisotopic (exact) mass is 194 g/mol. The van der Waals surface area contributed by atoms with Crippen LogP contribution in [0.5, 0.6) is 0 Å². The van der Waals surface area contributed by atoms with Gasteiger partial charge in [0.15, 0.2) is 0 Å².